The summed E-state index contributed by atoms with van der Waals surface area (Å²) < 4.78 is 19.3. The lowest BCUT2D eigenvalue weighted by atomic mass is 10.0. The monoisotopic (exact) mass is 583 g/mol. The van der Waals surface area contributed by atoms with Gasteiger partial charge in [-0.15, -0.1) is 23.1 Å². The van der Waals surface area contributed by atoms with E-state index < -0.39 is 22.9 Å². The summed E-state index contributed by atoms with van der Waals surface area (Å²) in [7, 11) is 0. The summed E-state index contributed by atoms with van der Waals surface area (Å²) in [5.74, 6) is -2.00. The highest BCUT2D eigenvalue weighted by molar-refractivity contribution is 8.00. The number of nitrogens with one attached hydrogen (secondary N) is 2. The largest absolute Gasteiger partial charge is 0.462 e. The van der Waals surface area contributed by atoms with Gasteiger partial charge in [0.25, 0.3) is 5.91 Å². The summed E-state index contributed by atoms with van der Waals surface area (Å²) >= 11 is 2.61. The molecule has 210 valence electrons. The van der Waals surface area contributed by atoms with Crippen LogP contribution in [0.2, 0.25) is 0 Å². The number of hydrogen-bond donors (Lipinski definition) is 2. The minimum Gasteiger partial charge on any atom is -0.462 e. The zero-order chi connectivity index (χ0) is 28.8. The number of hydrogen-bond acceptors (Lipinski definition) is 7. The molecule has 3 aromatic rings. The summed E-state index contributed by atoms with van der Waals surface area (Å²) in [6, 6.07) is 12.7. The number of anilines is 2. The Labute approximate surface area is 240 Å². The van der Waals surface area contributed by atoms with Gasteiger partial charge in [-0.1, -0.05) is 25.1 Å². The quantitative estimate of drug-likeness (QED) is 0.246. The van der Waals surface area contributed by atoms with E-state index in [0.29, 0.717) is 42.2 Å². The average molecular weight is 584 g/mol. The first-order valence-corrected chi connectivity index (χ1v) is 14.6. The smallest absolute Gasteiger partial charge is 0.341 e. The molecule has 0 saturated heterocycles. The first kappa shape index (κ1) is 29.3. The van der Waals surface area contributed by atoms with Crippen molar-refractivity contribution in [2.75, 3.05) is 23.8 Å². The second kappa shape index (κ2) is 13.1. The summed E-state index contributed by atoms with van der Waals surface area (Å²) in [4.78, 5) is 54.0. The van der Waals surface area contributed by atoms with Crippen LogP contribution in [0, 0.1) is 5.82 Å². The maximum atomic E-state index is 14.0. The van der Waals surface area contributed by atoms with E-state index in [4.69, 9.17) is 4.74 Å². The average Bonchev–Trinajstić information content (AvgIpc) is 3.29. The number of carbonyl (C=O) groups is 4. The van der Waals surface area contributed by atoms with Crippen LogP contribution in [0.3, 0.4) is 0 Å². The third-order valence-electron chi connectivity index (χ3n) is 6.37. The van der Waals surface area contributed by atoms with Crippen LogP contribution in [-0.2, 0) is 27.3 Å². The number of amides is 3. The maximum Gasteiger partial charge on any atom is 0.341 e. The molecule has 0 spiro atoms. The van der Waals surface area contributed by atoms with E-state index in [2.05, 4.69) is 10.6 Å². The highest BCUT2D eigenvalue weighted by atomic mass is 32.2. The van der Waals surface area contributed by atoms with Gasteiger partial charge in [0.15, 0.2) is 0 Å². The normalized spacial score (nSPS) is 13.2. The Morgan fingerprint density at radius 2 is 1.88 bits per heavy atom. The predicted molar refractivity (Wildman–Crippen MR) is 154 cm³/mol. The van der Waals surface area contributed by atoms with Crippen LogP contribution in [0.15, 0.2) is 53.4 Å². The predicted octanol–water partition coefficient (Wildman–Crippen LogP) is 5.73. The van der Waals surface area contributed by atoms with E-state index in [0.717, 1.165) is 15.3 Å². The van der Waals surface area contributed by atoms with Gasteiger partial charge < -0.3 is 20.3 Å². The standard InChI is InChI=1S/C29H30FN3O5S2/c1-4-23(39-19-10-8-9-18(15-19)31-26(35)20-11-6-7-12-22(20)30)27(36)32-28-25(29(37)38-5-2)21-13-14-33(17(3)34)16-24(21)40-28/h6-12,15,23H,4-5,13-14,16H2,1-3H3,(H,31,35)(H,32,36). The van der Waals surface area contributed by atoms with Gasteiger partial charge in [0.2, 0.25) is 11.8 Å². The molecule has 1 unspecified atom stereocenters. The number of nitrogens with zero attached hydrogens (tertiary/aromatic N) is 1. The summed E-state index contributed by atoms with van der Waals surface area (Å²) in [6.45, 7) is 6.20. The van der Waals surface area contributed by atoms with Crippen LogP contribution in [0.1, 0.15) is 58.3 Å². The van der Waals surface area contributed by atoms with Gasteiger partial charge in [-0.3, -0.25) is 14.4 Å². The van der Waals surface area contributed by atoms with Crippen molar-refractivity contribution in [1.29, 1.82) is 0 Å². The lowest BCUT2D eigenvalue weighted by molar-refractivity contribution is -0.129. The zero-order valence-electron chi connectivity index (χ0n) is 22.4. The minimum absolute atomic E-state index is 0.0444. The van der Waals surface area contributed by atoms with E-state index in [9.17, 15) is 23.6 Å². The fourth-order valence-electron chi connectivity index (χ4n) is 4.35. The molecule has 2 N–H and O–H groups in total. The first-order chi connectivity index (χ1) is 19.2. The molecule has 0 saturated carbocycles. The van der Waals surface area contributed by atoms with Gasteiger partial charge in [-0.25, -0.2) is 9.18 Å². The number of rotatable bonds is 9. The van der Waals surface area contributed by atoms with Crippen molar-refractivity contribution in [1.82, 2.24) is 4.90 Å². The number of carbonyl (C=O) groups excluding carboxylic acids is 4. The third-order valence-corrected chi connectivity index (χ3v) is 8.86. The molecule has 0 fully saturated rings. The topological polar surface area (TPSA) is 105 Å². The number of esters is 1. The molecule has 2 heterocycles. The molecule has 3 amide bonds. The van der Waals surface area contributed by atoms with E-state index in [1.165, 1.54) is 48.2 Å². The van der Waals surface area contributed by atoms with Crippen molar-refractivity contribution in [2.24, 2.45) is 0 Å². The number of halogens is 1. The number of ether oxygens (including phenoxy) is 1. The Morgan fingerprint density at radius 3 is 2.58 bits per heavy atom. The van der Waals surface area contributed by atoms with E-state index >= 15 is 0 Å². The zero-order valence-corrected chi connectivity index (χ0v) is 24.0. The molecule has 0 bridgehead atoms. The maximum absolute atomic E-state index is 14.0. The van der Waals surface area contributed by atoms with Crippen molar-refractivity contribution in [2.45, 2.75) is 50.3 Å². The SMILES string of the molecule is CCOC(=O)c1c(NC(=O)C(CC)Sc2cccc(NC(=O)c3ccccc3F)c2)sc2c1CCN(C(C)=O)C2. The van der Waals surface area contributed by atoms with Gasteiger partial charge in [0.1, 0.15) is 10.8 Å². The molecule has 1 atom stereocenters. The first-order valence-electron chi connectivity index (χ1n) is 12.9. The Kier molecular flexibility index (Phi) is 9.59. The van der Waals surface area contributed by atoms with E-state index in [-0.39, 0.29) is 24.0 Å². The second-order valence-electron chi connectivity index (χ2n) is 9.08. The Balaban J connectivity index is 1.50. The third kappa shape index (κ3) is 6.71. The van der Waals surface area contributed by atoms with Crippen LogP contribution in [-0.4, -0.2) is 47.0 Å². The molecular formula is C29H30FN3O5S2. The van der Waals surface area contributed by atoms with Gasteiger partial charge in [0, 0.05) is 28.9 Å². The Morgan fingerprint density at radius 1 is 1.10 bits per heavy atom. The van der Waals surface area contributed by atoms with E-state index in [1.54, 1.807) is 36.1 Å². The molecule has 8 nitrogen and oxygen atoms in total. The molecule has 1 aliphatic heterocycles. The van der Waals surface area contributed by atoms with Gasteiger partial charge in [-0.2, -0.15) is 0 Å². The number of fused-ring (bicyclic) bond motifs is 1. The lowest BCUT2D eigenvalue weighted by Gasteiger charge is -2.25. The lowest BCUT2D eigenvalue weighted by Crippen LogP contribution is -2.34. The van der Waals surface area contributed by atoms with Crippen molar-refractivity contribution in [3.63, 3.8) is 0 Å². The van der Waals surface area contributed by atoms with Gasteiger partial charge in [-0.05, 0) is 55.7 Å². The molecule has 1 aliphatic rings. The van der Waals surface area contributed by atoms with Gasteiger partial charge in [0.05, 0.1) is 29.5 Å². The molecule has 11 heteroatoms. The molecule has 4 rings (SSSR count). The molecule has 40 heavy (non-hydrogen) atoms. The van der Waals surface area contributed by atoms with Crippen LogP contribution >= 0.6 is 23.1 Å². The molecular weight excluding hydrogens is 553 g/mol. The highest BCUT2D eigenvalue weighted by Gasteiger charge is 2.31. The summed E-state index contributed by atoms with van der Waals surface area (Å²) in [5, 5.41) is 5.56. The fourth-order valence-corrected chi connectivity index (χ4v) is 6.62. The summed E-state index contributed by atoms with van der Waals surface area (Å²) in [5.41, 5.74) is 1.58. The van der Waals surface area contributed by atoms with Crippen molar-refractivity contribution in [3.8, 4) is 0 Å². The van der Waals surface area contributed by atoms with Crippen LogP contribution in [0.25, 0.3) is 0 Å². The Hall–Kier alpha value is -3.70. The van der Waals surface area contributed by atoms with Gasteiger partial charge >= 0.3 is 5.97 Å². The highest BCUT2D eigenvalue weighted by Crippen LogP contribution is 2.38. The number of thioether (sulfide) groups is 1. The summed E-state index contributed by atoms with van der Waals surface area (Å²) in [6.07, 6.45) is 1.01. The minimum atomic E-state index is -0.611. The van der Waals surface area contributed by atoms with Crippen LogP contribution < -0.4 is 10.6 Å². The Bertz CT molecular complexity index is 1440. The molecule has 1 aromatic heterocycles. The second-order valence-corrected chi connectivity index (χ2v) is 11.5. The van der Waals surface area contributed by atoms with Crippen molar-refractivity contribution >= 4 is 57.5 Å². The van der Waals surface area contributed by atoms with Crippen LogP contribution in [0.5, 0.6) is 0 Å². The molecule has 0 radical (unpaired) electrons. The van der Waals surface area contributed by atoms with E-state index in [1.807, 2.05) is 13.0 Å². The van der Waals surface area contributed by atoms with Crippen molar-refractivity contribution < 1.29 is 28.3 Å². The van der Waals surface area contributed by atoms with Crippen molar-refractivity contribution in [3.05, 3.63) is 75.9 Å². The number of benzene rings is 2. The number of thiophene rings is 1. The molecule has 0 aliphatic carbocycles. The van der Waals surface area contributed by atoms with Crippen LogP contribution in [0.4, 0.5) is 15.1 Å². The molecule has 2 aromatic carbocycles. The fraction of sp³-hybridized carbons (Fsp3) is 0.310.